The number of rotatable bonds is 9. The fourth-order valence-corrected chi connectivity index (χ4v) is 8.84. The van der Waals surface area contributed by atoms with Gasteiger partial charge in [-0.3, -0.25) is 33.8 Å². The number of primary amides is 1. The number of Topliss-reactive ketones (excluding diaryl/α,β-unsaturated/α-hetero) is 4. The molecule has 252 valence electrons. The van der Waals surface area contributed by atoms with E-state index in [1.54, 1.807) is 14.1 Å². The third-order valence-corrected chi connectivity index (χ3v) is 10.6. The van der Waals surface area contributed by atoms with E-state index in [4.69, 9.17) is 10.5 Å². The zero-order valence-electron chi connectivity index (χ0n) is 28.3. The summed E-state index contributed by atoms with van der Waals surface area (Å²) in [7, 11) is 4.65. The first kappa shape index (κ1) is 34.2. The van der Waals surface area contributed by atoms with Gasteiger partial charge in [0.25, 0.3) is 0 Å². The average molecular weight is 640 g/mol. The van der Waals surface area contributed by atoms with Crippen LogP contribution in [0.25, 0.3) is 0 Å². The second kappa shape index (κ2) is 11.5. The average Bonchev–Trinajstić information content (AvgIpc) is 3.73. The SMILES string of the molecule is COc1c(CN(CC2CC2)C(C)(C)CC(C)(C)C)cc(O)c2c1C[C@H]1C[C@H]3[C@H](N(C)C)C(=O)C(C(N)=O)C(=O)[C@@]3(O)C(=O)C1C2=O. The molecule has 6 atom stereocenters. The number of nitrogens with two attached hydrogens (primary N) is 1. The number of benzene rings is 1. The molecule has 0 aliphatic heterocycles. The standard InChI is InChI=1S/C35H49N3O8/c1-33(2,3)16-34(4,5)38(14-17-9-10-17)15-19-13-22(39)24-20(29(19)46-8)11-18-12-21-26(37(6)7)28(41)25(32(36)44)31(43)35(21,45)30(42)23(18)27(24)40/h13,17-18,21,23,25-26,39,45H,9-12,14-16H2,1-8H3,(H2,36,44)/t18-,21-,23?,25?,26-,35-/m0/s1. The summed E-state index contributed by atoms with van der Waals surface area (Å²) in [5, 5.41) is 23.2. The van der Waals surface area contributed by atoms with E-state index in [9.17, 15) is 34.2 Å². The topological polar surface area (TPSA) is 168 Å². The molecule has 4 aliphatic carbocycles. The van der Waals surface area contributed by atoms with Crippen LogP contribution in [0.3, 0.4) is 0 Å². The molecule has 0 spiro atoms. The Kier molecular flexibility index (Phi) is 8.56. The molecule has 0 heterocycles. The lowest BCUT2D eigenvalue weighted by atomic mass is 9.52. The third kappa shape index (κ3) is 5.58. The van der Waals surface area contributed by atoms with Crippen LogP contribution in [0.4, 0.5) is 0 Å². The number of fused-ring (bicyclic) bond motifs is 3. The number of phenolic OH excluding ortho intramolecular Hbond substituents is 1. The van der Waals surface area contributed by atoms with Crippen LogP contribution in [-0.2, 0) is 32.1 Å². The van der Waals surface area contributed by atoms with Crippen molar-refractivity contribution in [3.8, 4) is 11.5 Å². The Hall–Kier alpha value is -3.15. The number of ketones is 4. The Morgan fingerprint density at radius 2 is 1.72 bits per heavy atom. The Morgan fingerprint density at radius 3 is 2.24 bits per heavy atom. The molecular weight excluding hydrogens is 590 g/mol. The van der Waals surface area contributed by atoms with Gasteiger partial charge in [0.05, 0.1) is 24.6 Å². The van der Waals surface area contributed by atoms with Crippen molar-refractivity contribution in [2.24, 2.45) is 40.7 Å². The minimum absolute atomic E-state index is 0.00947. The monoisotopic (exact) mass is 639 g/mol. The minimum atomic E-state index is -2.75. The first-order valence-electron chi connectivity index (χ1n) is 16.3. The van der Waals surface area contributed by atoms with Crippen LogP contribution >= 0.6 is 0 Å². The molecule has 4 N–H and O–H groups in total. The van der Waals surface area contributed by atoms with Crippen molar-refractivity contribution in [1.82, 2.24) is 9.80 Å². The van der Waals surface area contributed by atoms with Crippen LogP contribution in [0, 0.1) is 35.0 Å². The van der Waals surface area contributed by atoms with Crippen LogP contribution in [0.1, 0.15) is 81.8 Å². The van der Waals surface area contributed by atoms with Gasteiger partial charge < -0.3 is 20.7 Å². The minimum Gasteiger partial charge on any atom is -0.507 e. The Morgan fingerprint density at radius 1 is 1.09 bits per heavy atom. The number of carbonyl (C=O) groups excluding carboxylic acids is 5. The van der Waals surface area contributed by atoms with Gasteiger partial charge in [0.15, 0.2) is 34.7 Å². The number of aliphatic hydroxyl groups is 1. The summed E-state index contributed by atoms with van der Waals surface area (Å²) in [6, 6.07) is 0.382. The van der Waals surface area contributed by atoms with Crippen LogP contribution in [0.2, 0.25) is 0 Å². The highest BCUT2D eigenvalue weighted by Crippen LogP contribution is 2.52. The van der Waals surface area contributed by atoms with Crippen molar-refractivity contribution < 1.29 is 38.9 Å². The lowest BCUT2D eigenvalue weighted by molar-refractivity contribution is -0.181. The highest BCUT2D eigenvalue weighted by molar-refractivity contribution is 6.32. The molecule has 1 aromatic rings. The predicted molar refractivity (Wildman–Crippen MR) is 169 cm³/mol. The Labute approximate surface area is 270 Å². The molecular formula is C35H49N3O8. The number of carbonyl (C=O) groups is 5. The molecule has 11 heteroatoms. The molecule has 0 radical (unpaired) electrons. The van der Waals surface area contributed by atoms with Crippen LogP contribution in [-0.4, -0.2) is 94.0 Å². The molecule has 11 nitrogen and oxygen atoms in total. The Bertz CT molecular complexity index is 1490. The van der Waals surface area contributed by atoms with Crippen molar-refractivity contribution in [3.05, 3.63) is 22.8 Å². The molecule has 5 rings (SSSR count). The van der Waals surface area contributed by atoms with Gasteiger partial charge in [-0.05, 0) is 83.4 Å². The molecule has 0 bridgehead atoms. The number of methoxy groups -OCH3 is 1. The van der Waals surface area contributed by atoms with E-state index in [-0.39, 0.29) is 35.1 Å². The van der Waals surface area contributed by atoms with Crippen LogP contribution in [0.15, 0.2) is 6.07 Å². The summed E-state index contributed by atoms with van der Waals surface area (Å²) in [5.74, 6) is -9.58. The summed E-state index contributed by atoms with van der Waals surface area (Å²) in [5.41, 5.74) is 3.70. The van der Waals surface area contributed by atoms with Crippen molar-refractivity contribution in [1.29, 1.82) is 0 Å². The number of amides is 1. The fourth-order valence-electron chi connectivity index (χ4n) is 8.84. The van der Waals surface area contributed by atoms with Crippen molar-refractivity contribution in [2.75, 3.05) is 27.7 Å². The quantitative estimate of drug-likeness (QED) is 0.341. The summed E-state index contributed by atoms with van der Waals surface area (Å²) < 4.78 is 5.96. The second-order valence-corrected chi connectivity index (χ2v) is 16.1. The maximum Gasteiger partial charge on any atom is 0.235 e. The number of hydrogen-bond donors (Lipinski definition) is 3. The third-order valence-electron chi connectivity index (χ3n) is 10.6. The van der Waals surface area contributed by atoms with Gasteiger partial charge >= 0.3 is 0 Å². The maximum absolute atomic E-state index is 14.1. The first-order valence-corrected chi connectivity index (χ1v) is 16.3. The first-order chi connectivity index (χ1) is 21.2. The molecule has 0 aromatic heterocycles. The smallest absolute Gasteiger partial charge is 0.235 e. The van der Waals surface area contributed by atoms with Gasteiger partial charge in [-0.2, -0.15) is 0 Å². The molecule has 1 amide bonds. The number of ether oxygens (including phenoxy) is 1. The van der Waals surface area contributed by atoms with E-state index in [0.29, 0.717) is 23.8 Å². The van der Waals surface area contributed by atoms with Gasteiger partial charge in [0.1, 0.15) is 11.5 Å². The lowest BCUT2D eigenvalue weighted by Gasteiger charge is -2.52. The molecule has 1 aromatic carbocycles. The van der Waals surface area contributed by atoms with Crippen molar-refractivity contribution in [3.63, 3.8) is 0 Å². The number of nitrogens with zero attached hydrogens (tertiary/aromatic N) is 2. The highest BCUT2D eigenvalue weighted by Gasteiger charge is 2.69. The van der Waals surface area contributed by atoms with E-state index in [1.807, 2.05) is 0 Å². The summed E-state index contributed by atoms with van der Waals surface area (Å²) in [6.07, 6.45) is 3.43. The second-order valence-electron chi connectivity index (χ2n) is 16.1. The van der Waals surface area contributed by atoms with Gasteiger partial charge in [0, 0.05) is 35.7 Å². The van der Waals surface area contributed by atoms with Crippen molar-refractivity contribution in [2.45, 2.75) is 90.4 Å². The van der Waals surface area contributed by atoms with E-state index in [0.717, 1.165) is 18.5 Å². The predicted octanol–water partition coefficient (Wildman–Crippen LogP) is 2.30. The van der Waals surface area contributed by atoms with Gasteiger partial charge in [-0.25, -0.2) is 0 Å². The maximum atomic E-state index is 14.1. The van der Waals surface area contributed by atoms with Gasteiger partial charge in [0.2, 0.25) is 5.91 Å². The molecule has 3 fully saturated rings. The summed E-state index contributed by atoms with van der Waals surface area (Å²) in [4.78, 5) is 71.2. The largest absolute Gasteiger partial charge is 0.507 e. The van der Waals surface area contributed by atoms with Gasteiger partial charge in [-0.1, -0.05) is 20.8 Å². The summed E-state index contributed by atoms with van der Waals surface area (Å²) >= 11 is 0. The molecule has 4 aliphatic rings. The number of aromatic hydroxyl groups is 1. The van der Waals surface area contributed by atoms with Crippen LogP contribution < -0.4 is 10.5 Å². The summed E-state index contributed by atoms with van der Waals surface area (Å²) in [6.45, 7) is 12.5. The van der Waals surface area contributed by atoms with Gasteiger partial charge in [-0.15, -0.1) is 0 Å². The molecule has 2 unspecified atom stereocenters. The fraction of sp³-hybridized carbons (Fsp3) is 0.686. The number of hydrogen-bond acceptors (Lipinski definition) is 10. The van der Waals surface area contributed by atoms with E-state index in [1.165, 1.54) is 30.9 Å². The van der Waals surface area contributed by atoms with E-state index < -0.39 is 64.4 Å². The zero-order chi connectivity index (χ0) is 34.3. The van der Waals surface area contributed by atoms with E-state index in [2.05, 4.69) is 39.5 Å². The van der Waals surface area contributed by atoms with Crippen molar-refractivity contribution >= 4 is 29.0 Å². The molecule has 46 heavy (non-hydrogen) atoms. The number of likely N-dealkylation sites (N-methyl/N-ethyl adjacent to an activating group) is 1. The lowest BCUT2D eigenvalue weighted by Crippen LogP contribution is -2.74. The van der Waals surface area contributed by atoms with Crippen LogP contribution in [0.5, 0.6) is 11.5 Å². The molecule has 3 saturated carbocycles. The normalized spacial score (nSPS) is 29.9. The zero-order valence-corrected chi connectivity index (χ0v) is 28.3. The molecule has 0 saturated heterocycles. The highest BCUT2D eigenvalue weighted by atomic mass is 16.5. The number of phenols is 1. The Balaban J connectivity index is 1.57. The van der Waals surface area contributed by atoms with E-state index >= 15 is 0 Å².